The van der Waals surface area contributed by atoms with E-state index in [0.29, 0.717) is 0 Å². The Bertz CT molecular complexity index is 871. The van der Waals surface area contributed by atoms with Crippen LogP contribution in [0.25, 0.3) is 11.1 Å². The lowest BCUT2D eigenvalue weighted by Crippen LogP contribution is -2.03. The Kier molecular flexibility index (Phi) is 5.09. The molecule has 0 saturated carbocycles. The van der Waals surface area contributed by atoms with Gasteiger partial charge < -0.3 is 10.3 Å². The van der Waals surface area contributed by atoms with E-state index in [9.17, 15) is 4.79 Å². The molecule has 0 aliphatic carbocycles. The molecular formula is C21H21N3O. The summed E-state index contributed by atoms with van der Waals surface area (Å²) >= 11 is 0. The molecule has 0 unspecified atom stereocenters. The number of carbonyl (C=O) groups is 1. The van der Waals surface area contributed by atoms with Crippen LogP contribution in [0.2, 0.25) is 0 Å². The van der Waals surface area contributed by atoms with Crippen LogP contribution in [-0.2, 0) is 11.2 Å². The molecule has 1 aromatic heterocycles. The SMILES string of the molecule is C=N/C=C\C=C(/C)c1ccc2c(c1)/C(=C/CCc1ccc[nH]1)C(=O)N2. The van der Waals surface area contributed by atoms with Crippen molar-refractivity contribution in [3.8, 4) is 0 Å². The average Bonchev–Trinajstić information content (AvgIpc) is 3.23. The second kappa shape index (κ2) is 7.62. The maximum atomic E-state index is 12.3. The highest BCUT2D eigenvalue weighted by Crippen LogP contribution is 2.34. The van der Waals surface area contributed by atoms with Crippen molar-refractivity contribution in [2.75, 3.05) is 5.32 Å². The molecule has 0 radical (unpaired) electrons. The molecule has 25 heavy (non-hydrogen) atoms. The van der Waals surface area contributed by atoms with Crippen LogP contribution in [0, 0.1) is 0 Å². The summed E-state index contributed by atoms with van der Waals surface area (Å²) in [5, 5.41) is 2.94. The van der Waals surface area contributed by atoms with Crippen LogP contribution in [-0.4, -0.2) is 17.6 Å². The van der Waals surface area contributed by atoms with Crippen molar-refractivity contribution in [2.24, 2.45) is 4.99 Å². The number of benzene rings is 1. The number of amides is 1. The van der Waals surface area contributed by atoms with Gasteiger partial charge in [-0.05, 0) is 68.0 Å². The maximum absolute atomic E-state index is 12.3. The molecular weight excluding hydrogens is 310 g/mol. The van der Waals surface area contributed by atoms with E-state index in [4.69, 9.17) is 0 Å². The summed E-state index contributed by atoms with van der Waals surface area (Å²) in [6.45, 7) is 5.46. The molecule has 0 bridgehead atoms. The first-order chi connectivity index (χ1) is 12.2. The molecule has 1 aliphatic rings. The number of aryl methyl sites for hydroxylation is 1. The van der Waals surface area contributed by atoms with Crippen LogP contribution in [0.15, 0.2) is 65.9 Å². The molecule has 2 aromatic rings. The first kappa shape index (κ1) is 16.7. The van der Waals surface area contributed by atoms with Crippen LogP contribution in [0.5, 0.6) is 0 Å². The molecule has 1 aliphatic heterocycles. The maximum Gasteiger partial charge on any atom is 0.256 e. The summed E-state index contributed by atoms with van der Waals surface area (Å²) in [6.07, 6.45) is 11.1. The first-order valence-electron chi connectivity index (χ1n) is 8.27. The van der Waals surface area contributed by atoms with Crippen LogP contribution >= 0.6 is 0 Å². The number of nitrogens with zero attached hydrogens (tertiary/aromatic N) is 1. The molecule has 1 amide bonds. The fourth-order valence-electron chi connectivity index (χ4n) is 2.88. The number of allylic oxidation sites excluding steroid dienone is 4. The molecule has 3 rings (SSSR count). The number of aromatic nitrogens is 1. The molecule has 0 spiro atoms. The number of rotatable bonds is 6. The number of carbonyl (C=O) groups excluding carboxylic acids is 1. The Hall–Kier alpha value is -3.14. The van der Waals surface area contributed by atoms with Crippen molar-refractivity contribution in [2.45, 2.75) is 19.8 Å². The normalized spacial score (nSPS) is 15.6. The third kappa shape index (κ3) is 3.86. The number of anilines is 1. The van der Waals surface area contributed by atoms with Crippen LogP contribution in [0.3, 0.4) is 0 Å². The van der Waals surface area contributed by atoms with Gasteiger partial charge in [0.25, 0.3) is 5.91 Å². The van der Waals surface area contributed by atoms with E-state index in [-0.39, 0.29) is 5.91 Å². The molecule has 2 N–H and O–H groups in total. The number of nitrogens with one attached hydrogen (secondary N) is 2. The Morgan fingerprint density at radius 1 is 1.32 bits per heavy atom. The fraction of sp³-hybridized carbons (Fsp3) is 0.143. The molecule has 4 heteroatoms. The number of H-pyrrole nitrogens is 1. The van der Waals surface area contributed by atoms with E-state index in [1.54, 1.807) is 6.20 Å². The van der Waals surface area contributed by atoms with Crippen molar-refractivity contribution < 1.29 is 4.79 Å². The summed E-state index contributed by atoms with van der Waals surface area (Å²) < 4.78 is 0. The molecule has 1 aromatic carbocycles. The molecule has 126 valence electrons. The molecule has 2 heterocycles. The van der Waals surface area contributed by atoms with E-state index in [2.05, 4.69) is 34.1 Å². The van der Waals surface area contributed by atoms with Gasteiger partial charge >= 0.3 is 0 Å². The van der Waals surface area contributed by atoms with Crippen LogP contribution in [0.4, 0.5) is 5.69 Å². The first-order valence-corrected chi connectivity index (χ1v) is 8.27. The molecule has 0 saturated heterocycles. The van der Waals surface area contributed by atoms with E-state index >= 15 is 0 Å². The summed E-state index contributed by atoms with van der Waals surface area (Å²) in [4.78, 5) is 19.2. The van der Waals surface area contributed by atoms with Gasteiger partial charge in [-0.1, -0.05) is 18.2 Å². The van der Waals surface area contributed by atoms with E-state index in [1.165, 1.54) is 5.69 Å². The van der Waals surface area contributed by atoms with Gasteiger partial charge in [0.05, 0.1) is 0 Å². The third-order valence-electron chi connectivity index (χ3n) is 4.22. The monoisotopic (exact) mass is 331 g/mol. The minimum atomic E-state index is -0.0315. The van der Waals surface area contributed by atoms with Gasteiger partial charge in [0, 0.05) is 34.9 Å². The number of fused-ring (bicyclic) bond motifs is 1. The predicted molar refractivity (Wildman–Crippen MR) is 105 cm³/mol. The Labute approximate surface area is 147 Å². The molecule has 0 atom stereocenters. The van der Waals surface area contributed by atoms with Gasteiger partial charge in [-0.2, -0.15) is 0 Å². The fourth-order valence-corrected chi connectivity index (χ4v) is 2.88. The highest BCUT2D eigenvalue weighted by molar-refractivity contribution is 6.31. The topological polar surface area (TPSA) is 57.2 Å². The van der Waals surface area contributed by atoms with Crippen molar-refractivity contribution in [1.82, 2.24) is 4.98 Å². The highest BCUT2D eigenvalue weighted by atomic mass is 16.2. The minimum Gasteiger partial charge on any atom is -0.365 e. The number of hydrogen-bond acceptors (Lipinski definition) is 2. The lowest BCUT2D eigenvalue weighted by atomic mass is 9.99. The standard InChI is InChI=1S/C21H21N3O/c1-15(6-4-12-22-2)16-10-11-20-19(14-16)18(21(25)24-20)9-3-7-17-8-5-13-23-17/h4-6,8-14,23H,2-3,7H2,1H3,(H,24,25)/b12-4-,15-6+,18-9-. The summed E-state index contributed by atoms with van der Waals surface area (Å²) in [5.74, 6) is -0.0315. The van der Waals surface area contributed by atoms with Crippen molar-refractivity contribution in [3.63, 3.8) is 0 Å². The second-order valence-corrected chi connectivity index (χ2v) is 5.94. The van der Waals surface area contributed by atoms with E-state index in [1.807, 2.05) is 49.5 Å². The highest BCUT2D eigenvalue weighted by Gasteiger charge is 2.23. The minimum absolute atomic E-state index is 0.0315. The summed E-state index contributed by atoms with van der Waals surface area (Å²) in [6, 6.07) is 10.1. The van der Waals surface area contributed by atoms with Crippen LogP contribution < -0.4 is 5.32 Å². The number of hydrogen-bond donors (Lipinski definition) is 2. The predicted octanol–water partition coefficient (Wildman–Crippen LogP) is 4.60. The molecule has 4 nitrogen and oxygen atoms in total. The zero-order chi connectivity index (χ0) is 17.6. The van der Waals surface area contributed by atoms with E-state index in [0.717, 1.165) is 40.8 Å². The smallest absolute Gasteiger partial charge is 0.256 e. The second-order valence-electron chi connectivity index (χ2n) is 5.94. The summed E-state index contributed by atoms with van der Waals surface area (Å²) in [5.41, 5.74) is 5.95. The van der Waals surface area contributed by atoms with Gasteiger partial charge in [0.2, 0.25) is 0 Å². The average molecular weight is 331 g/mol. The number of aliphatic imine (C=N–C) groups is 1. The van der Waals surface area contributed by atoms with Crippen LogP contribution in [0.1, 0.15) is 30.2 Å². The van der Waals surface area contributed by atoms with Gasteiger partial charge in [-0.15, -0.1) is 0 Å². The number of aromatic amines is 1. The molecule has 0 fully saturated rings. The zero-order valence-electron chi connectivity index (χ0n) is 14.3. The van der Waals surface area contributed by atoms with Gasteiger partial charge in [0.15, 0.2) is 0 Å². The lowest BCUT2D eigenvalue weighted by molar-refractivity contribution is -0.110. The van der Waals surface area contributed by atoms with E-state index < -0.39 is 0 Å². The van der Waals surface area contributed by atoms with Gasteiger partial charge in [-0.25, -0.2) is 0 Å². The largest absolute Gasteiger partial charge is 0.365 e. The quantitative estimate of drug-likeness (QED) is 0.453. The Balaban J connectivity index is 1.83. The van der Waals surface area contributed by atoms with Crippen molar-refractivity contribution in [1.29, 1.82) is 0 Å². The Morgan fingerprint density at radius 2 is 2.20 bits per heavy atom. The van der Waals surface area contributed by atoms with Crippen molar-refractivity contribution >= 4 is 29.5 Å². The van der Waals surface area contributed by atoms with Gasteiger partial charge in [0.1, 0.15) is 0 Å². The van der Waals surface area contributed by atoms with Gasteiger partial charge in [-0.3, -0.25) is 9.79 Å². The zero-order valence-corrected chi connectivity index (χ0v) is 14.3. The summed E-state index contributed by atoms with van der Waals surface area (Å²) in [7, 11) is 0. The lowest BCUT2D eigenvalue weighted by Gasteiger charge is -2.05. The Morgan fingerprint density at radius 3 is 2.96 bits per heavy atom. The third-order valence-corrected chi connectivity index (χ3v) is 4.22. The van der Waals surface area contributed by atoms with Crippen molar-refractivity contribution in [3.05, 3.63) is 77.8 Å².